The average molecular weight is 291 g/mol. The van der Waals surface area contributed by atoms with Crippen molar-refractivity contribution in [3.63, 3.8) is 0 Å². The number of amides is 1. The van der Waals surface area contributed by atoms with Gasteiger partial charge in [0.1, 0.15) is 5.75 Å². The maximum atomic E-state index is 12.1. The van der Waals surface area contributed by atoms with E-state index in [2.05, 4.69) is 22.5 Å². The fraction of sp³-hybridized carbons (Fsp3) is 0.562. The monoisotopic (exact) mass is 291 g/mol. The molecule has 0 atom stereocenters. The molecule has 0 aliphatic carbocycles. The van der Waals surface area contributed by atoms with E-state index in [-0.39, 0.29) is 5.91 Å². The maximum absolute atomic E-state index is 12.1. The molecule has 1 amide bonds. The largest absolute Gasteiger partial charge is 0.494 e. The van der Waals surface area contributed by atoms with Gasteiger partial charge >= 0.3 is 0 Å². The summed E-state index contributed by atoms with van der Waals surface area (Å²) in [6, 6.07) is 7.57. The Morgan fingerprint density at radius 1 is 1.38 bits per heavy atom. The first-order valence-corrected chi connectivity index (χ1v) is 7.73. The quantitative estimate of drug-likeness (QED) is 0.838. The summed E-state index contributed by atoms with van der Waals surface area (Å²) in [5.74, 6) is 0.832. The molecule has 0 spiro atoms. The van der Waals surface area contributed by atoms with Crippen LogP contribution in [0, 0.1) is 0 Å². The highest BCUT2D eigenvalue weighted by Gasteiger charge is 2.12. The predicted molar refractivity (Wildman–Crippen MR) is 84.8 cm³/mol. The van der Waals surface area contributed by atoms with E-state index in [0.717, 1.165) is 50.5 Å². The summed E-state index contributed by atoms with van der Waals surface area (Å²) < 4.78 is 5.57. The van der Waals surface area contributed by atoms with E-state index in [1.165, 1.54) is 0 Å². The van der Waals surface area contributed by atoms with E-state index >= 15 is 0 Å². The van der Waals surface area contributed by atoms with E-state index in [1.54, 1.807) is 0 Å². The molecule has 1 heterocycles. The summed E-state index contributed by atoms with van der Waals surface area (Å²) in [6.07, 6.45) is 2.06. The minimum atomic E-state index is 0.0320. The zero-order valence-electron chi connectivity index (χ0n) is 12.7. The number of rotatable bonds is 6. The summed E-state index contributed by atoms with van der Waals surface area (Å²) in [5.41, 5.74) is 0.793. The van der Waals surface area contributed by atoms with E-state index in [0.29, 0.717) is 13.2 Å². The van der Waals surface area contributed by atoms with Crippen LogP contribution in [-0.2, 0) is 4.79 Å². The molecule has 1 aliphatic heterocycles. The van der Waals surface area contributed by atoms with Gasteiger partial charge in [-0.1, -0.05) is 13.0 Å². The van der Waals surface area contributed by atoms with Crippen molar-refractivity contribution in [3.05, 3.63) is 24.3 Å². The van der Waals surface area contributed by atoms with Crippen LogP contribution in [0.1, 0.15) is 19.8 Å². The van der Waals surface area contributed by atoms with Crippen molar-refractivity contribution in [1.29, 1.82) is 0 Å². The number of benzene rings is 1. The van der Waals surface area contributed by atoms with Gasteiger partial charge in [-0.25, -0.2) is 0 Å². The summed E-state index contributed by atoms with van der Waals surface area (Å²) in [6.45, 7) is 7.09. The third-order valence-electron chi connectivity index (χ3n) is 3.39. The molecule has 1 aromatic rings. The highest BCUT2D eigenvalue weighted by Crippen LogP contribution is 2.17. The number of hydrogen-bond acceptors (Lipinski definition) is 4. The van der Waals surface area contributed by atoms with Crippen LogP contribution in [0.4, 0.5) is 5.69 Å². The van der Waals surface area contributed by atoms with Crippen molar-refractivity contribution in [3.8, 4) is 5.75 Å². The molecule has 116 valence electrons. The first-order chi connectivity index (χ1) is 10.3. The molecule has 2 rings (SSSR count). The zero-order chi connectivity index (χ0) is 14.9. The van der Waals surface area contributed by atoms with Gasteiger partial charge in [0.2, 0.25) is 5.91 Å². The molecule has 0 saturated carbocycles. The van der Waals surface area contributed by atoms with Crippen molar-refractivity contribution in [2.75, 3.05) is 44.6 Å². The molecule has 1 aromatic carbocycles. The number of nitrogens with zero attached hydrogens (tertiary/aromatic N) is 1. The van der Waals surface area contributed by atoms with Gasteiger partial charge < -0.3 is 15.4 Å². The van der Waals surface area contributed by atoms with Crippen LogP contribution in [0.25, 0.3) is 0 Å². The van der Waals surface area contributed by atoms with Crippen molar-refractivity contribution in [2.24, 2.45) is 0 Å². The molecule has 0 radical (unpaired) electrons. The summed E-state index contributed by atoms with van der Waals surface area (Å²) in [7, 11) is 0. The summed E-state index contributed by atoms with van der Waals surface area (Å²) in [5, 5.41) is 6.28. The number of anilines is 1. The van der Waals surface area contributed by atoms with Crippen LogP contribution in [-0.4, -0.2) is 50.1 Å². The van der Waals surface area contributed by atoms with E-state index in [4.69, 9.17) is 4.74 Å². The first-order valence-electron chi connectivity index (χ1n) is 7.73. The number of carbonyl (C=O) groups excluding carboxylic acids is 1. The van der Waals surface area contributed by atoms with Crippen LogP contribution in [0.3, 0.4) is 0 Å². The topological polar surface area (TPSA) is 53.6 Å². The Morgan fingerprint density at radius 3 is 3.14 bits per heavy atom. The minimum absolute atomic E-state index is 0.0320. The normalized spacial score (nSPS) is 16.2. The van der Waals surface area contributed by atoms with Gasteiger partial charge in [0.25, 0.3) is 0 Å². The lowest BCUT2D eigenvalue weighted by Crippen LogP contribution is -2.35. The maximum Gasteiger partial charge on any atom is 0.238 e. The first kappa shape index (κ1) is 15.8. The van der Waals surface area contributed by atoms with Crippen molar-refractivity contribution >= 4 is 11.6 Å². The Morgan fingerprint density at radius 2 is 2.29 bits per heavy atom. The molecular weight excluding hydrogens is 266 g/mol. The number of carbonyl (C=O) groups is 1. The number of hydrogen-bond donors (Lipinski definition) is 2. The zero-order valence-corrected chi connectivity index (χ0v) is 12.7. The summed E-state index contributed by atoms with van der Waals surface area (Å²) in [4.78, 5) is 14.3. The highest BCUT2D eigenvalue weighted by molar-refractivity contribution is 5.92. The smallest absolute Gasteiger partial charge is 0.238 e. The standard InChI is InChI=1S/C16H25N3O2/c1-2-11-21-15-6-3-5-14(12-15)18-16(20)13-19-9-4-7-17-8-10-19/h3,5-6,12,17H,2,4,7-11,13H2,1H3,(H,18,20). The van der Waals surface area contributed by atoms with Gasteiger partial charge in [0.05, 0.1) is 13.2 Å². The fourth-order valence-corrected chi connectivity index (χ4v) is 2.35. The lowest BCUT2D eigenvalue weighted by molar-refractivity contribution is -0.117. The van der Waals surface area contributed by atoms with Crippen molar-refractivity contribution in [2.45, 2.75) is 19.8 Å². The second kappa shape index (κ2) is 8.64. The molecule has 5 nitrogen and oxygen atoms in total. The minimum Gasteiger partial charge on any atom is -0.494 e. The van der Waals surface area contributed by atoms with Crippen LogP contribution < -0.4 is 15.4 Å². The molecule has 2 N–H and O–H groups in total. The molecule has 0 bridgehead atoms. The molecule has 1 fully saturated rings. The van der Waals surface area contributed by atoms with Gasteiger partial charge in [-0.15, -0.1) is 0 Å². The number of ether oxygens (including phenoxy) is 1. The van der Waals surface area contributed by atoms with Crippen LogP contribution in [0.5, 0.6) is 5.75 Å². The van der Waals surface area contributed by atoms with Gasteiger partial charge in [-0.3, -0.25) is 9.69 Å². The van der Waals surface area contributed by atoms with E-state index in [9.17, 15) is 4.79 Å². The van der Waals surface area contributed by atoms with Crippen LogP contribution in [0.2, 0.25) is 0 Å². The molecule has 21 heavy (non-hydrogen) atoms. The van der Waals surface area contributed by atoms with Crippen molar-refractivity contribution < 1.29 is 9.53 Å². The SMILES string of the molecule is CCCOc1cccc(NC(=O)CN2CCCNCC2)c1. The molecular formula is C16H25N3O2. The second-order valence-electron chi connectivity index (χ2n) is 5.30. The molecule has 5 heteroatoms. The second-order valence-corrected chi connectivity index (χ2v) is 5.30. The predicted octanol–water partition coefficient (Wildman–Crippen LogP) is 1.71. The Labute approximate surface area is 126 Å². The summed E-state index contributed by atoms with van der Waals surface area (Å²) >= 11 is 0. The van der Waals surface area contributed by atoms with Gasteiger partial charge in [-0.05, 0) is 38.1 Å². The molecule has 0 unspecified atom stereocenters. The average Bonchev–Trinajstić information content (AvgIpc) is 2.74. The van der Waals surface area contributed by atoms with Crippen molar-refractivity contribution in [1.82, 2.24) is 10.2 Å². The van der Waals surface area contributed by atoms with Gasteiger partial charge in [0, 0.05) is 24.8 Å². The molecule has 0 aromatic heterocycles. The molecule has 1 saturated heterocycles. The molecule has 1 aliphatic rings. The van der Waals surface area contributed by atoms with Crippen LogP contribution in [0.15, 0.2) is 24.3 Å². The lowest BCUT2D eigenvalue weighted by Gasteiger charge is -2.18. The third-order valence-corrected chi connectivity index (χ3v) is 3.39. The van der Waals surface area contributed by atoms with E-state index < -0.39 is 0 Å². The number of nitrogens with one attached hydrogen (secondary N) is 2. The fourth-order valence-electron chi connectivity index (χ4n) is 2.35. The van der Waals surface area contributed by atoms with Crippen LogP contribution >= 0.6 is 0 Å². The Balaban J connectivity index is 1.83. The lowest BCUT2D eigenvalue weighted by atomic mass is 10.3. The van der Waals surface area contributed by atoms with E-state index in [1.807, 2.05) is 24.3 Å². The van der Waals surface area contributed by atoms with Gasteiger partial charge in [0.15, 0.2) is 0 Å². The third kappa shape index (κ3) is 5.73. The highest BCUT2D eigenvalue weighted by atomic mass is 16.5. The van der Waals surface area contributed by atoms with Gasteiger partial charge in [-0.2, -0.15) is 0 Å². The Hall–Kier alpha value is -1.59. The Kier molecular flexibility index (Phi) is 6.50. The Bertz CT molecular complexity index is 443.